The minimum atomic E-state index is -4.97. The molecule has 2 aromatic carbocycles. The van der Waals surface area contributed by atoms with Crippen LogP contribution in [-0.4, -0.2) is 38.0 Å². The van der Waals surface area contributed by atoms with Gasteiger partial charge in [0.2, 0.25) is 5.71 Å². The zero-order chi connectivity index (χ0) is 34.9. The Kier molecular flexibility index (Phi) is 11.3. The molecular formula is C31H28Cl2F3N5O7S. The first-order valence-electron chi connectivity index (χ1n) is 14.1. The van der Waals surface area contributed by atoms with Gasteiger partial charge in [-0.05, 0) is 37.1 Å². The number of rotatable bonds is 9. The monoisotopic (exact) mass is 741 g/mol. The Morgan fingerprint density at radius 3 is 2.45 bits per heavy atom. The molecule has 0 unspecified atom stereocenters. The van der Waals surface area contributed by atoms with Gasteiger partial charge in [-0.25, -0.2) is 4.79 Å². The molecule has 3 aromatic heterocycles. The number of nitrogens with two attached hydrogens (primary N) is 1. The fourth-order valence-electron chi connectivity index (χ4n) is 4.92. The van der Waals surface area contributed by atoms with E-state index in [-0.39, 0.29) is 57.5 Å². The first-order valence-corrected chi connectivity index (χ1v) is 15.4. The zero-order valence-electron chi connectivity index (χ0n) is 25.9. The summed E-state index contributed by atoms with van der Waals surface area (Å²) in [4.78, 5) is 55.8. The Hall–Kier alpha value is -4.64. The lowest BCUT2D eigenvalue weighted by Gasteiger charge is -2.15. The first kappa shape index (κ1) is 37.2. The maximum atomic E-state index is 13.3. The number of carbonyl (C=O) groups is 2. The number of aromatic nitrogens is 3. The van der Waals surface area contributed by atoms with Gasteiger partial charge < -0.3 is 19.6 Å². The minimum Gasteiger partial charge on any atom is -0.444 e. The van der Waals surface area contributed by atoms with Crippen LogP contribution in [0.1, 0.15) is 16.9 Å². The van der Waals surface area contributed by atoms with Gasteiger partial charge in [-0.1, -0.05) is 41.9 Å². The van der Waals surface area contributed by atoms with Crippen molar-refractivity contribution in [2.75, 3.05) is 0 Å². The van der Waals surface area contributed by atoms with Crippen LogP contribution in [-0.2, 0) is 48.0 Å². The molecule has 0 bridgehead atoms. The van der Waals surface area contributed by atoms with E-state index in [4.69, 9.17) is 26.5 Å². The molecule has 0 saturated heterocycles. The average molecular weight is 743 g/mol. The Balaban J connectivity index is 0.00000541. The highest BCUT2D eigenvalue weighted by atomic mass is 35.5. The Morgan fingerprint density at radius 1 is 1.10 bits per heavy atom. The second kappa shape index (κ2) is 14.9. The molecule has 0 aliphatic rings. The van der Waals surface area contributed by atoms with Crippen molar-refractivity contribution in [2.24, 2.45) is 24.8 Å². The van der Waals surface area contributed by atoms with Crippen molar-refractivity contribution < 1.29 is 36.7 Å². The van der Waals surface area contributed by atoms with E-state index in [1.807, 2.05) is 6.07 Å². The van der Waals surface area contributed by atoms with Gasteiger partial charge in [0.15, 0.2) is 11.5 Å². The number of carbonyl (C=O) groups excluding carboxylic acids is 2. The van der Waals surface area contributed by atoms with Crippen molar-refractivity contribution in [3.8, 4) is 17.0 Å². The van der Waals surface area contributed by atoms with E-state index in [0.717, 1.165) is 32.1 Å². The molecule has 5 rings (SSSR count). The lowest BCUT2D eigenvalue weighted by molar-refractivity contribution is -0.274. The van der Waals surface area contributed by atoms with E-state index in [1.54, 1.807) is 36.6 Å². The second-order valence-electron chi connectivity index (χ2n) is 10.6. The topological polar surface area (TPSA) is 153 Å². The third-order valence-corrected chi connectivity index (χ3v) is 8.48. The van der Waals surface area contributed by atoms with Crippen LogP contribution in [0.15, 0.2) is 72.9 Å². The number of aryl methyl sites for hydroxylation is 2. The molecule has 260 valence electrons. The first-order chi connectivity index (χ1) is 22.6. The van der Waals surface area contributed by atoms with Crippen LogP contribution in [0.2, 0.25) is 5.02 Å². The summed E-state index contributed by atoms with van der Waals surface area (Å²) in [6.45, 7) is 1.07. The molecule has 2 N–H and O–H groups in total. The van der Waals surface area contributed by atoms with Gasteiger partial charge in [0.25, 0.3) is 11.5 Å². The summed E-state index contributed by atoms with van der Waals surface area (Å²) in [7, 11) is 2.74. The Labute approximate surface area is 290 Å². The van der Waals surface area contributed by atoms with Crippen LogP contribution < -0.4 is 26.5 Å². The molecular weight excluding hydrogens is 714 g/mol. The Bertz CT molecular complexity index is 2220. The lowest BCUT2D eigenvalue weighted by Crippen LogP contribution is -2.36. The number of amides is 1. The van der Waals surface area contributed by atoms with Gasteiger partial charge in [-0.3, -0.25) is 28.1 Å². The molecule has 5 aromatic rings. The van der Waals surface area contributed by atoms with E-state index < -0.39 is 48.0 Å². The number of benzene rings is 2. The normalized spacial score (nSPS) is 12.5. The summed E-state index contributed by atoms with van der Waals surface area (Å²) in [5.74, 6) is -1.85. The average Bonchev–Trinajstić information content (AvgIpc) is 3.58. The van der Waals surface area contributed by atoms with Crippen molar-refractivity contribution in [1.29, 1.82) is 0 Å². The zero-order valence-corrected chi connectivity index (χ0v) is 28.3. The van der Waals surface area contributed by atoms with Crippen molar-refractivity contribution in [3.05, 3.63) is 101 Å². The molecule has 0 fully saturated rings. The van der Waals surface area contributed by atoms with Crippen LogP contribution in [0.5, 0.6) is 5.75 Å². The lowest BCUT2D eigenvalue weighted by atomic mass is 10.1. The molecule has 0 radical (unpaired) electrons. The van der Waals surface area contributed by atoms with Gasteiger partial charge in [-0.15, -0.1) is 36.9 Å². The summed E-state index contributed by atoms with van der Waals surface area (Å²) >= 11 is 7.07. The highest BCUT2D eigenvalue weighted by Gasteiger charge is 2.32. The van der Waals surface area contributed by atoms with Crippen molar-refractivity contribution >= 4 is 58.3 Å². The number of hydrogen-bond acceptors (Lipinski definition) is 9. The van der Waals surface area contributed by atoms with Crippen molar-refractivity contribution in [1.82, 2.24) is 13.7 Å². The molecule has 0 saturated carbocycles. The minimum absolute atomic E-state index is 0. The number of halogens is 5. The molecule has 49 heavy (non-hydrogen) atoms. The summed E-state index contributed by atoms with van der Waals surface area (Å²) in [6, 6.07) is 11.6. The summed E-state index contributed by atoms with van der Waals surface area (Å²) in [6.07, 6.45) is -5.16. The van der Waals surface area contributed by atoms with Gasteiger partial charge in [0.1, 0.15) is 22.9 Å². The Morgan fingerprint density at radius 2 is 1.80 bits per heavy atom. The number of ether oxygens (including phenoxy) is 2. The number of alkyl halides is 3. The maximum Gasteiger partial charge on any atom is 0.573 e. The summed E-state index contributed by atoms with van der Waals surface area (Å²) < 4.78 is 57.0. The second-order valence-corrected chi connectivity index (χ2v) is 11.9. The highest BCUT2D eigenvalue weighted by molar-refractivity contribution is 7.07. The van der Waals surface area contributed by atoms with Gasteiger partial charge >= 0.3 is 18.0 Å². The molecule has 3 heterocycles. The van der Waals surface area contributed by atoms with E-state index in [1.165, 1.54) is 30.8 Å². The van der Waals surface area contributed by atoms with Crippen molar-refractivity contribution in [2.45, 2.75) is 38.9 Å². The van der Waals surface area contributed by atoms with Crippen LogP contribution in [0.4, 0.5) is 13.2 Å². The molecule has 1 atom stereocenters. The third kappa shape index (κ3) is 8.16. The largest absolute Gasteiger partial charge is 0.573 e. The van der Waals surface area contributed by atoms with Crippen molar-refractivity contribution in [3.63, 3.8) is 0 Å². The molecule has 0 aliphatic heterocycles. The molecule has 0 aliphatic carbocycles. The highest BCUT2D eigenvalue weighted by Crippen LogP contribution is 2.34. The fraction of sp³-hybridized carbons (Fsp3) is 0.258. The molecule has 18 heteroatoms. The van der Waals surface area contributed by atoms with E-state index in [0.29, 0.717) is 11.3 Å². The third-order valence-electron chi connectivity index (χ3n) is 7.32. The number of nitrogens with zero attached hydrogens (tertiary/aromatic N) is 4. The molecule has 12 nitrogen and oxygen atoms in total. The SMILES string of the molecule is Cc1oc2c(c1CC(=O)N=c1scc(-c3ccc(OC(F)(F)F)c(Cl)c3)n1COC(=O)[C@@H](N)Cc1ccccc1)c(=O)n(C)c(=O)n2C.Cl. The van der Waals surface area contributed by atoms with E-state index >= 15 is 0 Å². The fourth-order valence-corrected chi connectivity index (χ4v) is 6.06. The van der Waals surface area contributed by atoms with Crippen LogP contribution in [0, 0.1) is 6.92 Å². The number of esters is 1. The summed E-state index contributed by atoms with van der Waals surface area (Å²) in [5, 5.41) is 1.25. The molecule has 0 spiro atoms. The van der Waals surface area contributed by atoms with Crippen LogP contribution in [0.3, 0.4) is 0 Å². The predicted octanol–water partition coefficient (Wildman–Crippen LogP) is 4.38. The quantitative estimate of drug-likeness (QED) is 0.219. The number of fused-ring (bicyclic) bond motifs is 1. The predicted molar refractivity (Wildman–Crippen MR) is 177 cm³/mol. The van der Waals surface area contributed by atoms with E-state index in [2.05, 4.69) is 9.73 Å². The number of furan rings is 1. The molecule has 1 amide bonds. The van der Waals surface area contributed by atoms with Crippen LogP contribution >= 0.6 is 35.3 Å². The summed E-state index contributed by atoms with van der Waals surface area (Å²) in [5.41, 5.74) is 6.48. The number of hydrogen-bond donors (Lipinski definition) is 1. The number of thiazole rings is 1. The maximum absolute atomic E-state index is 13.3. The smallest absolute Gasteiger partial charge is 0.444 e. The van der Waals surface area contributed by atoms with Gasteiger partial charge in [-0.2, -0.15) is 4.99 Å². The van der Waals surface area contributed by atoms with Gasteiger partial charge in [0, 0.05) is 30.6 Å². The van der Waals surface area contributed by atoms with Gasteiger partial charge in [0.05, 0.1) is 17.1 Å². The van der Waals surface area contributed by atoms with Crippen LogP contribution in [0.25, 0.3) is 22.4 Å². The standard InChI is InChI=1S/C31H27ClF3N5O7S.ClH/c1-16-19(25-26(42)38(2)30(44)39(3)27(25)46-16)13-24(41)37-29-40(15-45-28(43)21(36)11-17-7-5-4-6-8-17)22(14-48-29)18-9-10-23(20(32)12-18)47-31(33,34)35;/h4-10,12,14,21H,11,13,15,36H2,1-3H3;1H/t21-;/m0./s1. The van der Waals surface area contributed by atoms with E-state index in [9.17, 15) is 32.3 Å².